The standard InChI is InChI=1S/C26H25ClFN5O/c1-18-25-23(20-5-7-22(28)8-6-20)9-10-29-26(25)33(30-18)17-24(34)32-13-11-31(12-14-32)16-19-3-2-4-21(27)15-19/h2-10,15H,11-14,16-17H2,1H3. The van der Waals surface area contributed by atoms with Crippen molar-refractivity contribution in [1.82, 2.24) is 24.6 Å². The van der Waals surface area contributed by atoms with Crippen LogP contribution in [0.4, 0.5) is 4.39 Å². The van der Waals surface area contributed by atoms with Crippen molar-refractivity contribution in [2.45, 2.75) is 20.0 Å². The molecule has 0 atom stereocenters. The first-order chi connectivity index (χ1) is 16.5. The minimum atomic E-state index is -0.278. The van der Waals surface area contributed by atoms with E-state index in [1.54, 1.807) is 23.0 Å². The number of aromatic nitrogens is 3. The summed E-state index contributed by atoms with van der Waals surface area (Å²) in [5, 5.41) is 6.24. The summed E-state index contributed by atoms with van der Waals surface area (Å²) in [6.07, 6.45) is 1.71. The summed E-state index contributed by atoms with van der Waals surface area (Å²) >= 11 is 6.10. The Labute approximate surface area is 202 Å². The van der Waals surface area contributed by atoms with Crippen LogP contribution in [0.2, 0.25) is 5.02 Å². The van der Waals surface area contributed by atoms with Crippen molar-refractivity contribution < 1.29 is 9.18 Å². The summed E-state index contributed by atoms with van der Waals surface area (Å²) in [6.45, 7) is 5.83. The molecule has 0 bridgehead atoms. The van der Waals surface area contributed by atoms with E-state index < -0.39 is 0 Å². The molecule has 0 N–H and O–H groups in total. The van der Waals surface area contributed by atoms with Gasteiger partial charge < -0.3 is 4.90 Å². The van der Waals surface area contributed by atoms with E-state index in [2.05, 4.69) is 21.0 Å². The number of benzene rings is 2. The van der Waals surface area contributed by atoms with Crippen LogP contribution in [0, 0.1) is 12.7 Å². The van der Waals surface area contributed by atoms with Crippen LogP contribution in [-0.4, -0.2) is 56.7 Å². The van der Waals surface area contributed by atoms with Crippen LogP contribution in [0.15, 0.2) is 60.8 Å². The molecule has 2 aromatic heterocycles. The van der Waals surface area contributed by atoms with E-state index in [1.165, 1.54) is 17.7 Å². The lowest BCUT2D eigenvalue weighted by Gasteiger charge is -2.34. The molecule has 2 aromatic carbocycles. The molecule has 6 nitrogen and oxygen atoms in total. The van der Waals surface area contributed by atoms with Crippen molar-refractivity contribution in [2.75, 3.05) is 26.2 Å². The Hall–Kier alpha value is -3.29. The predicted octanol–water partition coefficient (Wildman–Crippen LogP) is 4.54. The lowest BCUT2D eigenvalue weighted by atomic mass is 10.0. The first kappa shape index (κ1) is 22.5. The van der Waals surface area contributed by atoms with Gasteiger partial charge >= 0.3 is 0 Å². The van der Waals surface area contributed by atoms with E-state index in [4.69, 9.17) is 11.6 Å². The van der Waals surface area contributed by atoms with Crippen molar-refractivity contribution in [3.8, 4) is 11.1 Å². The highest BCUT2D eigenvalue weighted by Gasteiger charge is 2.23. The number of rotatable bonds is 5. The van der Waals surface area contributed by atoms with E-state index in [0.717, 1.165) is 46.9 Å². The normalized spacial score (nSPS) is 14.6. The first-order valence-corrected chi connectivity index (χ1v) is 11.7. The predicted molar refractivity (Wildman–Crippen MR) is 131 cm³/mol. The molecular formula is C26H25ClFN5O. The molecule has 1 aliphatic heterocycles. The Morgan fingerprint density at radius 1 is 1.06 bits per heavy atom. The molecule has 1 fully saturated rings. The second kappa shape index (κ2) is 9.52. The number of hydrogen-bond donors (Lipinski definition) is 0. The molecule has 8 heteroatoms. The number of aryl methyl sites for hydroxylation is 1. The van der Waals surface area contributed by atoms with Gasteiger partial charge in [0.25, 0.3) is 0 Å². The summed E-state index contributed by atoms with van der Waals surface area (Å²) in [4.78, 5) is 21.8. The van der Waals surface area contributed by atoms with Gasteiger partial charge in [-0.1, -0.05) is 35.9 Å². The second-order valence-corrected chi connectivity index (χ2v) is 9.03. The van der Waals surface area contributed by atoms with Gasteiger partial charge in [0.2, 0.25) is 5.91 Å². The van der Waals surface area contributed by atoms with Crippen LogP contribution in [0.1, 0.15) is 11.3 Å². The van der Waals surface area contributed by atoms with Gasteiger partial charge in [0.15, 0.2) is 5.65 Å². The summed E-state index contributed by atoms with van der Waals surface area (Å²) in [5.74, 6) is -0.250. The van der Waals surface area contributed by atoms with Crippen LogP contribution in [0.5, 0.6) is 0 Å². The fourth-order valence-electron chi connectivity index (χ4n) is 4.54. The molecule has 34 heavy (non-hydrogen) atoms. The number of piperazine rings is 1. The molecule has 0 saturated carbocycles. The number of nitrogens with zero attached hydrogens (tertiary/aromatic N) is 5. The number of hydrogen-bond acceptors (Lipinski definition) is 4. The summed E-state index contributed by atoms with van der Waals surface area (Å²) in [5.41, 5.74) is 4.44. The highest BCUT2D eigenvalue weighted by molar-refractivity contribution is 6.30. The minimum absolute atomic E-state index is 0.0285. The van der Waals surface area contributed by atoms with Gasteiger partial charge in [0.1, 0.15) is 12.4 Å². The Kier molecular flexibility index (Phi) is 6.30. The van der Waals surface area contributed by atoms with Crippen molar-refractivity contribution >= 4 is 28.5 Å². The van der Waals surface area contributed by atoms with Crippen LogP contribution < -0.4 is 0 Å². The summed E-state index contributed by atoms with van der Waals surface area (Å²) < 4.78 is 15.1. The molecule has 1 aliphatic rings. The summed E-state index contributed by atoms with van der Waals surface area (Å²) in [7, 11) is 0. The Morgan fingerprint density at radius 2 is 1.82 bits per heavy atom. The Balaban J connectivity index is 1.28. The zero-order valence-corrected chi connectivity index (χ0v) is 19.7. The van der Waals surface area contributed by atoms with Gasteiger partial charge in [-0.2, -0.15) is 5.10 Å². The highest BCUT2D eigenvalue weighted by atomic mass is 35.5. The van der Waals surface area contributed by atoms with Crippen molar-refractivity contribution in [3.63, 3.8) is 0 Å². The molecule has 0 aliphatic carbocycles. The molecule has 174 valence electrons. The molecule has 0 spiro atoms. The molecule has 0 unspecified atom stereocenters. The van der Waals surface area contributed by atoms with E-state index in [9.17, 15) is 9.18 Å². The highest BCUT2D eigenvalue weighted by Crippen LogP contribution is 2.30. The van der Waals surface area contributed by atoms with Crippen LogP contribution >= 0.6 is 11.6 Å². The van der Waals surface area contributed by atoms with E-state index in [0.29, 0.717) is 18.7 Å². The van der Waals surface area contributed by atoms with Gasteiger partial charge in [0, 0.05) is 49.3 Å². The topological polar surface area (TPSA) is 54.3 Å². The second-order valence-electron chi connectivity index (χ2n) is 8.59. The first-order valence-electron chi connectivity index (χ1n) is 11.3. The van der Waals surface area contributed by atoms with Gasteiger partial charge in [-0.3, -0.25) is 9.69 Å². The quantitative estimate of drug-likeness (QED) is 0.423. The molecule has 5 rings (SSSR count). The summed E-state index contributed by atoms with van der Waals surface area (Å²) in [6, 6.07) is 16.2. The zero-order valence-electron chi connectivity index (χ0n) is 18.9. The number of halogens is 2. The Morgan fingerprint density at radius 3 is 2.56 bits per heavy atom. The lowest BCUT2D eigenvalue weighted by molar-refractivity contribution is -0.133. The van der Waals surface area contributed by atoms with Crippen molar-refractivity contribution in [1.29, 1.82) is 0 Å². The third-order valence-electron chi connectivity index (χ3n) is 6.27. The third-order valence-corrected chi connectivity index (χ3v) is 6.50. The van der Waals surface area contributed by atoms with Crippen molar-refractivity contribution in [3.05, 3.63) is 82.9 Å². The van der Waals surface area contributed by atoms with Gasteiger partial charge in [-0.25, -0.2) is 14.1 Å². The Bertz CT molecular complexity index is 1330. The fourth-order valence-corrected chi connectivity index (χ4v) is 4.75. The monoisotopic (exact) mass is 477 g/mol. The van der Waals surface area contributed by atoms with Crippen LogP contribution in [0.25, 0.3) is 22.2 Å². The fraction of sp³-hybridized carbons (Fsp3) is 0.269. The van der Waals surface area contributed by atoms with E-state index >= 15 is 0 Å². The molecule has 1 saturated heterocycles. The average molecular weight is 478 g/mol. The zero-order chi connectivity index (χ0) is 23.7. The van der Waals surface area contributed by atoms with Gasteiger partial charge in [-0.15, -0.1) is 0 Å². The van der Waals surface area contributed by atoms with Gasteiger partial charge in [-0.05, 0) is 53.9 Å². The maximum absolute atomic E-state index is 13.4. The maximum atomic E-state index is 13.4. The molecular weight excluding hydrogens is 453 g/mol. The SMILES string of the molecule is Cc1nn(CC(=O)N2CCN(Cc3cccc(Cl)c3)CC2)c2nccc(-c3ccc(F)cc3)c12. The molecule has 0 radical (unpaired) electrons. The largest absolute Gasteiger partial charge is 0.339 e. The van der Waals surface area contributed by atoms with Crippen LogP contribution in [-0.2, 0) is 17.9 Å². The average Bonchev–Trinajstić information content (AvgIpc) is 3.15. The molecule has 3 heterocycles. The van der Waals surface area contributed by atoms with E-state index in [-0.39, 0.29) is 18.3 Å². The van der Waals surface area contributed by atoms with Crippen LogP contribution in [0.3, 0.4) is 0 Å². The smallest absolute Gasteiger partial charge is 0.244 e. The number of carbonyl (C=O) groups excluding carboxylic acids is 1. The number of amides is 1. The minimum Gasteiger partial charge on any atom is -0.339 e. The molecule has 4 aromatic rings. The molecule has 1 amide bonds. The number of fused-ring (bicyclic) bond motifs is 1. The van der Waals surface area contributed by atoms with Crippen molar-refractivity contribution in [2.24, 2.45) is 0 Å². The van der Waals surface area contributed by atoms with E-state index in [1.807, 2.05) is 36.1 Å². The third kappa shape index (κ3) is 4.67. The number of pyridine rings is 1. The lowest BCUT2D eigenvalue weighted by Crippen LogP contribution is -2.49. The van der Waals surface area contributed by atoms with Gasteiger partial charge in [0.05, 0.1) is 5.69 Å². The maximum Gasteiger partial charge on any atom is 0.244 e. The number of carbonyl (C=O) groups is 1.